The molecular weight excluding hydrogens is 356 g/mol. The Kier molecular flexibility index (Phi) is 4.97. The van der Waals surface area contributed by atoms with Crippen LogP contribution in [0.1, 0.15) is 52.1 Å². The van der Waals surface area contributed by atoms with Crippen molar-refractivity contribution < 1.29 is 14.1 Å². The van der Waals surface area contributed by atoms with E-state index >= 15 is 0 Å². The Balaban J connectivity index is 1.50. The Morgan fingerprint density at radius 1 is 1.32 bits per heavy atom. The number of rotatable bonds is 5. The van der Waals surface area contributed by atoms with Crippen molar-refractivity contribution in [2.75, 3.05) is 5.73 Å². The summed E-state index contributed by atoms with van der Waals surface area (Å²) in [6.45, 7) is 1.85. The number of ether oxygens (including phenoxy) is 1. The SMILES string of the molecule is Cc1nc(COc2ccccc2C(=O)NC2CCCc3cc(N)ccc32)no1. The molecule has 1 atom stereocenters. The molecule has 1 unspecified atom stereocenters. The predicted octanol–water partition coefficient (Wildman–Crippen LogP) is 3.35. The molecule has 0 saturated carbocycles. The van der Waals surface area contributed by atoms with Gasteiger partial charge in [0.2, 0.25) is 11.7 Å². The van der Waals surface area contributed by atoms with Gasteiger partial charge in [-0.3, -0.25) is 4.79 Å². The second-order valence-corrected chi connectivity index (χ2v) is 6.89. The molecule has 1 aliphatic carbocycles. The van der Waals surface area contributed by atoms with Gasteiger partial charge in [-0.05, 0) is 54.7 Å². The first kappa shape index (κ1) is 18.0. The van der Waals surface area contributed by atoms with Crippen molar-refractivity contribution in [3.63, 3.8) is 0 Å². The van der Waals surface area contributed by atoms with E-state index in [-0.39, 0.29) is 18.6 Å². The standard InChI is InChI=1S/C21H22N4O3/c1-13-23-20(25-28-13)12-27-19-8-3-2-6-17(19)21(26)24-18-7-4-5-14-11-15(22)9-10-16(14)18/h2-3,6,8-11,18H,4-5,7,12,22H2,1H3,(H,24,26). The monoisotopic (exact) mass is 378 g/mol. The van der Waals surface area contributed by atoms with E-state index in [2.05, 4.69) is 15.5 Å². The number of carbonyl (C=O) groups is 1. The van der Waals surface area contributed by atoms with Crippen LogP contribution < -0.4 is 15.8 Å². The number of nitrogens with zero attached hydrogens (tertiary/aromatic N) is 2. The second-order valence-electron chi connectivity index (χ2n) is 6.89. The number of benzene rings is 2. The van der Waals surface area contributed by atoms with Crippen LogP contribution >= 0.6 is 0 Å². The first-order valence-corrected chi connectivity index (χ1v) is 9.30. The molecule has 0 bridgehead atoms. The van der Waals surface area contributed by atoms with E-state index in [1.807, 2.05) is 30.3 Å². The molecule has 0 fully saturated rings. The largest absolute Gasteiger partial charge is 0.485 e. The maximum absolute atomic E-state index is 13.0. The zero-order chi connectivity index (χ0) is 19.5. The minimum atomic E-state index is -0.172. The quantitative estimate of drug-likeness (QED) is 0.660. The normalized spacial score (nSPS) is 15.7. The number of nitrogen functional groups attached to an aromatic ring is 1. The molecule has 2 aromatic carbocycles. The lowest BCUT2D eigenvalue weighted by Gasteiger charge is -2.27. The van der Waals surface area contributed by atoms with E-state index in [0.29, 0.717) is 23.0 Å². The Bertz CT molecular complexity index is 999. The third-order valence-electron chi connectivity index (χ3n) is 4.84. The molecule has 1 amide bonds. The van der Waals surface area contributed by atoms with Crippen LogP contribution in [0.3, 0.4) is 0 Å². The number of hydrogen-bond acceptors (Lipinski definition) is 6. The summed E-state index contributed by atoms with van der Waals surface area (Å²) in [4.78, 5) is 17.1. The maximum atomic E-state index is 13.0. The van der Waals surface area contributed by atoms with Gasteiger partial charge in [-0.1, -0.05) is 23.4 Å². The highest BCUT2D eigenvalue weighted by atomic mass is 16.5. The highest BCUT2D eigenvalue weighted by Crippen LogP contribution is 2.31. The van der Waals surface area contributed by atoms with E-state index < -0.39 is 0 Å². The molecule has 4 rings (SSSR count). The average Bonchev–Trinajstić information content (AvgIpc) is 3.11. The molecule has 1 aliphatic rings. The van der Waals surface area contributed by atoms with Crippen LogP contribution in [-0.2, 0) is 13.0 Å². The number of carbonyl (C=O) groups excluding carboxylic acids is 1. The molecule has 0 saturated heterocycles. The summed E-state index contributed by atoms with van der Waals surface area (Å²) in [6.07, 6.45) is 2.89. The highest BCUT2D eigenvalue weighted by Gasteiger charge is 2.23. The van der Waals surface area contributed by atoms with Crippen LogP contribution in [0, 0.1) is 6.92 Å². The summed E-state index contributed by atoms with van der Waals surface area (Å²) in [5, 5.41) is 6.95. The van der Waals surface area contributed by atoms with Crippen LogP contribution in [0.2, 0.25) is 0 Å². The summed E-state index contributed by atoms with van der Waals surface area (Å²) in [7, 11) is 0. The van der Waals surface area contributed by atoms with Gasteiger partial charge in [0.25, 0.3) is 5.91 Å². The van der Waals surface area contributed by atoms with Gasteiger partial charge in [0.15, 0.2) is 6.61 Å². The van der Waals surface area contributed by atoms with Gasteiger partial charge < -0.3 is 20.3 Å². The fraction of sp³-hybridized carbons (Fsp3) is 0.286. The number of amides is 1. The summed E-state index contributed by atoms with van der Waals surface area (Å²) in [6, 6.07) is 13.0. The molecule has 7 nitrogen and oxygen atoms in total. The van der Waals surface area contributed by atoms with Crippen molar-refractivity contribution in [1.29, 1.82) is 0 Å². The van der Waals surface area contributed by atoms with Crippen molar-refractivity contribution in [2.45, 2.75) is 38.8 Å². The number of nitrogens with two attached hydrogens (primary N) is 1. The number of hydrogen-bond donors (Lipinski definition) is 2. The van der Waals surface area contributed by atoms with Crippen LogP contribution in [0.15, 0.2) is 47.0 Å². The Labute approximate surface area is 162 Å². The van der Waals surface area contributed by atoms with Gasteiger partial charge in [0.1, 0.15) is 5.75 Å². The number of aryl methyl sites for hydroxylation is 2. The lowest BCUT2D eigenvalue weighted by atomic mass is 9.87. The lowest BCUT2D eigenvalue weighted by Crippen LogP contribution is -2.31. The number of aromatic nitrogens is 2. The van der Waals surface area contributed by atoms with Gasteiger partial charge in [-0.2, -0.15) is 4.98 Å². The molecule has 3 aromatic rings. The Hall–Kier alpha value is -3.35. The van der Waals surface area contributed by atoms with Gasteiger partial charge in [0, 0.05) is 12.6 Å². The molecule has 1 aromatic heterocycles. The first-order valence-electron chi connectivity index (χ1n) is 9.30. The second kappa shape index (κ2) is 7.72. The molecule has 0 aliphatic heterocycles. The fourth-order valence-corrected chi connectivity index (χ4v) is 3.54. The van der Waals surface area contributed by atoms with E-state index in [1.54, 1.807) is 19.1 Å². The predicted molar refractivity (Wildman–Crippen MR) is 104 cm³/mol. The topological polar surface area (TPSA) is 103 Å². The van der Waals surface area contributed by atoms with Crippen molar-refractivity contribution in [3.05, 3.63) is 70.9 Å². The molecule has 7 heteroatoms. The van der Waals surface area contributed by atoms with Crippen LogP contribution in [0.25, 0.3) is 0 Å². The van der Waals surface area contributed by atoms with Crippen molar-refractivity contribution in [2.24, 2.45) is 0 Å². The summed E-state index contributed by atoms with van der Waals surface area (Å²) in [5.74, 6) is 1.22. The maximum Gasteiger partial charge on any atom is 0.255 e. The summed E-state index contributed by atoms with van der Waals surface area (Å²) in [5.41, 5.74) is 9.47. The van der Waals surface area contributed by atoms with E-state index in [4.69, 9.17) is 15.0 Å². The third-order valence-corrected chi connectivity index (χ3v) is 4.84. The van der Waals surface area contributed by atoms with Gasteiger partial charge >= 0.3 is 0 Å². The highest BCUT2D eigenvalue weighted by molar-refractivity contribution is 5.97. The summed E-state index contributed by atoms with van der Waals surface area (Å²) >= 11 is 0. The molecule has 0 spiro atoms. The van der Waals surface area contributed by atoms with Crippen molar-refractivity contribution in [1.82, 2.24) is 15.5 Å². The van der Waals surface area contributed by atoms with Gasteiger partial charge in [-0.25, -0.2) is 0 Å². The van der Waals surface area contributed by atoms with Gasteiger partial charge in [-0.15, -0.1) is 0 Å². The van der Waals surface area contributed by atoms with E-state index in [9.17, 15) is 4.79 Å². The van der Waals surface area contributed by atoms with Crippen molar-refractivity contribution >= 4 is 11.6 Å². The number of nitrogens with one attached hydrogen (secondary N) is 1. The fourth-order valence-electron chi connectivity index (χ4n) is 3.54. The van der Waals surface area contributed by atoms with Crippen molar-refractivity contribution in [3.8, 4) is 5.75 Å². The van der Waals surface area contributed by atoms with E-state index in [0.717, 1.165) is 30.5 Å². The Morgan fingerprint density at radius 2 is 2.18 bits per heavy atom. The number of para-hydroxylation sites is 1. The molecule has 1 heterocycles. The molecule has 144 valence electrons. The minimum absolute atomic E-state index is 0.0373. The molecule has 3 N–H and O–H groups in total. The number of fused-ring (bicyclic) bond motifs is 1. The average molecular weight is 378 g/mol. The lowest BCUT2D eigenvalue weighted by molar-refractivity contribution is 0.0928. The smallest absolute Gasteiger partial charge is 0.255 e. The van der Waals surface area contributed by atoms with E-state index in [1.165, 1.54) is 5.56 Å². The molecular formula is C21H22N4O3. The van der Waals surface area contributed by atoms with Crippen LogP contribution in [0.5, 0.6) is 5.75 Å². The van der Waals surface area contributed by atoms with Crippen LogP contribution in [0.4, 0.5) is 5.69 Å². The number of anilines is 1. The minimum Gasteiger partial charge on any atom is -0.485 e. The first-order chi connectivity index (χ1) is 13.6. The third kappa shape index (κ3) is 3.83. The Morgan fingerprint density at radius 3 is 3.00 bits per heavy atom. The zero-order valence-electron chi connectivity index (χ0n) is 15.6. The molecule has 28 heavy (non-hydrogen) atoms. The summed E-state index contributed by atoms with van der Waals surface area (Å²) < 4.78 is 10.7. The van der Waals surface area contributed by atoms with Gasteiger partial charge in [0.05, 0.1) is 11.6 Å². The zero-order valence-corrected chi connectivity index (χ0v) is 15.6. The van der Waals surface area contributed by atoms with Crippen LogP contribution in [-0.4, -0.2) is 16.0 Å². The molecule has 0 radical (unpaired) electrons.